The molecule has 0 aliphatic rings. The van der Waals surface area contributed by atoms with Crippen molar-refractivity contribution in [1.82, 2.24) is 0 Å². The predicted molar refractivity (Wildman–Crippen MR) is 105 cm³/mol. The fourth-order valence-corrected chi connectivity index (χ4v) is 2.98. The first-order valence-electron chi connectivity index (χ1n) is 7.92. The lowest BCUT2D eigenvalue weighted by Crippen LogP contribution is -2.03. The summed E-state index contributed by atoms with van der Waals surface area (Å²) in [7, 11) is 0. The lowest BCUT2D eigenvalue weighted by Gasteiger charge is -2.06. The van der Waals surface area contributed by atoms with E-state index in [1.807, 2.05) is 36.4 Å². The van der Waals surface area contributed by atoms with E-state index in [1.165, 1.54) is 0 Å². The van der Waals surface area contributed by atoms with Gasteiger partial charge in [0.25, 0.3) is 0 Å². The van der Waals surface area contributed by atoms with Crippen LogP contribution < -0.4 is 5.36 Å². The molecule has 3 nitrogen and oxygen atoms in total. The minimum absolute atomic E-state index is 0.144. The summed E-state index contributed by atoms with van der Waals surface area (Å²) in [5, 5.41) is 12.1. The molecule has 0 aliphatic carbocycles. The molecule has 4 rings (SSSR count). The number of nitrogens with zero attached hydrogens (tertiary/aromatic N) is 1. The first-order chi connectivity index (χ1) is 12.6. The number of benzene rings is 3. The molecule has 0 bridgehead atoms. The van der Waals surface area contributed by atoms with Crippen LogP contribution in [0.5, 0.6) is 5.75 Å². The number of phenols is 1. The van der Waals surface area contributed by atoms with E-state index >= 15 is 0 Å². The van der Waals surface area contributed by atoms with Gasteiger partial charge in [-0.1, -0.05) is 53.5 Å². The molecular formula is C21H13Cl2NO2. The molecule has 26 heavy (non-hydrogen) atoms. The number of fused-ring (bicyclic) bond motifs is 1. The molecular weight excluding hydrogens is 369 g/mol. The molecule has 0 aliphatic heterocycles. The van der Waals surface area contributed by atoms with E-state index in [-0.39, 0.29) is 5.75 Å². The molecule has 128 valence electrons. The van der Waals surface area contributed by atoms with Crippen molar-refractivity contribution in [3.8, 4) is 17.1 Å². The SMILES string of the molecule is Oc1ccc2oc(-c3ccccc3)cc(=Nc3ccc(Cl)c(Cl)c3)c2c1. The third-order valence-electron chi connectivity index (χ3n) is 3.94. The average Bonchev–Trinajstić information content (AvgIpc) is 2.65. The van der Waals surface area contributed by atoms with Gasteiger partial charge in [-0.3, -0.25) is 0 Å². The van der Waals surface area contributed by atoms with Crippen molar-refractivity contribution in [2.75, 3.05) is 0 Å². The van der Waals surface area contributed by atoms with Gasteiger partial charge in [-0.15, -0.1) is 0 Å². The maximum atomic E-state index is 9.87. The summed E-state index contributed by atoms with van der Waals surface area (Å²) >= 11 is 12.1. The summed E-state index contributed by atoms with van der Waals surface area (Å²) in [4.78, 5) is 4.68. The van der Waals surface area contributed by atoms with Gasteiger partial charge in [0.15, 0.2) is 0 Å². The van der Waals surface area contributed by atoms with Crippen molar-refractivity contribution in [3.63, 3.8) is 0 Å². The Morgan fingerprint density at radius 1 is 0.808 bits per heavy atom. The topological polar surface area (TPSA) is 45.7 Å². The first kappa shape index (κ1) is 16.7. The summed E-state index contributed by atoms with van der Waals surface area (Å²) in [5.41, 5.74) is 2.23. The monoisotopic (exact) mass is 381 g/mol. The molecule has 0 saturated carbocycles. The Bertz CT molecular complexity index is 1170. The number of halogens is 2. The standard InChI is InChI=1S/C21H13Cl2NO2/c22-17-8-6-14(10-18(17)23)24-19-12-21(13-4-2-1-3-5-13)26-20-9-7-15(25)11-16(19)20/h1-12,25H. The number of rotatable bonds is 2. The van der Waals surface area contributed by atoms with Crippen molar-refractivity contribution in [2.45, 2.75) is 0 Å². The van der Waals surface area contributed by atoms with Crippen LogP contribution in [0, 0.1) is 0 Å². The summed E-state index contributed by atoms with van der Waals surface area (Å²) in [6, 6.07) is 21.8. The van der Waals surface area contributed by atoms with Gasteiger partial charge >= 0.3 is 0 Å². The van der Waals surface area contributed by atoms with Crippen LogP contribution in [0.15, 0.2) is 82.2 Å². The quantitative estimate of drug-likeness (QED) is 0.439. The van der Waals surface area contributed by atoms with Gasteiger partial charge in [-0.05, 0) is 36.4 Å². The highest BCUT2D eigenvalue weighted by Crippen LogP contribution is 2.28. The Morgan fingerprint density at radius 2 is 1.62 bits per heavy atom. The van der Waals surface area contributed by atoms with Gasteiger partial charge in [0.2, 0.25) is 0 Å². The second kappa shape index (κ2) is 6.87. The summed E-state index contributed by atoms with van der Waals surface area (Å²) in [6.45, 7) is 0. The van der Waals surface area contributed by atoms with Crippen molar-refractivity contribution in [3.05, 3.63) is 88.2 Å². The largest absolute Gasteiger partial charge is 0.508 e. The highest BCUT2D eigenvalue weighted by molar-refractivity contribution is 6.42. The van der Waals surface area contributed by atoms with E-state index in [4.69, 9.17) is 27.6 Å². The number of aromatic hydroxyl groups is 1. The molecule has 1 N–H and O–H groups in total. The van der Waals surface area contributed by atoms with Crippen LogP contribution in [0.4, 0.5) is 5.69 Å². The van der Waals surface area contributed by atoms with Crippen LogP contribution in [-0.2, 0) is 0 Å². The Hall–Kier alpha value is -2.75. The Morgan fingerprint density at radius 3 is 2.38 bits per heavy atom. The Kier molecular flexibility index (Phi) is 4.41. The molecule has 1 aromatic heterocycles. The van der Waals surface area contributed by atoms with Gasteiger partial charge in [0.05, 0.1) is 21.1 Å². The second-order valence-electron chi connectivity index (χ2n) is 5.75. The van der Waals surface area contributed by atoms with Crippen molar-refractivity contribution >= 4 is 39.9 Å². The fourth-order valence-electron chi connectivity index (χ4n) is 2.69. The third-order valence-corrected chi connectivity index (χ3v) is 4.68. The molecule has 0 spiro atoms. The molecule has 4 aromatic rings. The van der Waals surface area contributed by atoms with Gasteiger partial charge < -0.3 is 9.52 Å². The van der Waals surface area contributed by atoms with Crippen LogP contribution in [0.1, 0.15) is 0 Å². The molecule has 5 heteroatoms. The molecule has 0 unspecified atom stereocenters. The van der Waals surface area contributed by atoms with E-state index in [9.17, 15) is 5.11 Å². The molecule has 0 amide bonds. The normalized spacial score (nSPS) is 11.8. The van der Waals surface area contributed by atoms with Gasteiger partial charge in [-0.25, -0.2) is 4.99 Å². The van der Waals surface area contributed by atoms with E-state index in [1.54, 1.807) is 36.4 Å². The van der Waals surface area contributed by atoms with E-state index in [0.717, 1.165) is 5.56 Å². The minimum atomic E-state index is 0.144. The van der Waals surface area contributed by atoms with Crippen LogP contribution in [0.2, 0.25) is 10.0 Å². The second-order valence-corrected chi connectivity index (χ2v) is 6.57. The highest BCUT2D eigenvalue weighted by Gasteiger charge is 2.07. The maximum absolute atomic E-state index is 9.87. The third kappa shape index (κ3) is 3.32. The maximum Gasteiger partial charge on any atom is 0.137 e. The lowest BCUT2D eigenvalue weighted by molar-refractivity contribution is 0.475. The fraction of sp³-hybridized carbons (Fsp3) is 0. The highest BCUT2D eigenvalue weighted by atomic mass is 35.5. The zero-order valence-corrected chi connectivity index (χ0v) is 15.0. The van der Waals surface area contributed by atoms with Gasteiger partial charge in [0, 0.05) is 17.0 Å². The zero-order valence-electron chi connectivity index (χ0n) is 13.5. The number of hydrogen-bond acceptors (Lipinski definition) is 3. The van der Waals surface area contributed by atoms with Gasteiger partial charge in [-0.2, -0.15) is 0 Å². The molecule has 0 fully saturated rings. The molecule has 1 heterocycles. The predicted octanol–water partition coefficient (Wildman–Crippen LogP) is 6.34. The average molecular weight is 382 g/mol. The van der Waals surface area contributed by atoms with Crippen LogP contribution in [-0.4, -0.2) is 5.11 Å². The molecule has 0 atom stereocenters. The summed E-state index contributed by atoms with van der Waals surface area (Å²) in [5.74, 6) is 0.827. The molecule has 0 radical (unpaired) electrons. The van der Waals surface area contributed by atoms with Crippen LogP contribution in [0.25, 0.3) is 22.3 Å². The van der Waals surface area contributed by atoms with E-state index in [0.29, 0.717) is 37.8 Å². The van der Waals surface area contributed by atoms with E-state index in [2.05, 4.69) is 4.99 Å². The smallest absolute Gasteiger partial charge is 0.137 e. The summed E-state index contributed by atoms with van der Waals surface area (Å²) < 4.78 is 6.01. The van der Waals surface area contributed by atoms with Crippen LogP contribution >= 0.6 is 23.2 Å². The number of phenolic OH excluding ortho intramolecular Hbond substituents is 1. The van der Waals surface area contributed by atoms with Crippen molar-refractivity contribution in [2.24, 2.45) is 4.99 Å². The zero-order chi connectivity index (χ0) is 18.1. The van der Waals surface area contributed by atoms with Crippen molar-refractivity contribution < 1.29 is 9.52 Å². The summed E-state index contributed by atoms with van der Waals surface area (Å²) in [6.07, 6.45) is 0. The first-order valence-corrected chi connectivity index (χ1v) is 8.68. The number of hydrogen-bond donors (Lipinski definition) is 1. The van der Waals surface area contributed by atoms with Crippen LogP contribution in [0.3, 0.4) is 0 Å². The Labute approximate surface area is 159 Å². The molecule has 3 aromatic carbocycles. The van der Waals surface area contributed by atoms with E-state index < -0.39 is 0 Å². The molecule has 0 saturated heterocycles. The van der Waals surface area contributed by atoms with Crippen molar-refractivity contribution in [1.29, 1.82) is 0 Å². The minimum Gasteiger partial charge on any atom is -0.508 e. The van der Waals surface area contributed by atoms with Gasteiger partial charge in [0.1, 0.15) is 17.1 Å². The Balaban J connectivity index is 2.00. The lowest BCUT2D eigenvalue weighted by atomic mass is 10.1.